The molecular weight excluding hydrogens is 324 g/mol. The molecule has 2 heterocycles. The van der Waals surface area contributed by atoms with Gasteiger partial charge < -0.3 is 13.9 Å². The van der Waals surface area contributed by atoms with Gasteiger partial charge in [0.25, 0.3) is 0 Å². The molecule has 6 nitrogen and oxygen atoms in total. The standard InChI is InChI=1S/C17H18N4O2S/c1-20-13-18-19-17(20)24-12-16(22)21(11-15-8-5-9-23-15)10-14-6-3-2-4-7-14/h2-9,13H,10-12H2,1H3. The van der Waals surface area contributed by atoms with Crippen LogP contribution in [0.5, 0.6) is 0 Å². The molecule has 0 bridgehead atoms. The molecule has 3 rings (SSSR count). The van der Waals surface area contributed by atoms with Gasteiger partial charge in [-0.05, 0) is 17.7 Å². The van der Waals surface area contributed by atoms with Crippen molar-refractivity contribution in [2.75, 3.05) is 5.75 Å². The number of aryl methyl sites for hydroxylation is 1. The van der Waals surface area contributed by atoms with E-state index >= 15 is 0 Å². The van der Waals surface area contributed by atoms with Gasteiger partial charge in [0.05, 0.1) is 18.6 Å². The third-order valence-electron chi connectivity index (χ3n) is 3.49. The van der Waals surface area contributed by atoms with E-state index < -0.39 is 0 Å². The van der Waals surface area contributed by atoms with Crippen LogP contribution in [0.2, 0.25) is 0 Å². The Morgan fingerprint density at radius 3 is 2.71 bits per heavy atom. The maximum atomic E-state index is 12.7. The summed E-state index contributed by atoms with van der Waals surface area (Å²) in [6.07, 6.45) is 3.24. The smallest absolute Gasteiger partial charge is 0.233 e. The van der Waals surface area contributed by atoms with E-state index in [0.717, 1.165) is 16.5 Å². The fraction of sp³-hybridized carbons (Fsp3) is 0.235. The second kappa shape index (κ2) is 7.83. The molecule has 0 saturated heterocycles. The maximum Gasteiger partial charge on any atom is 0.233 e. The highest BCUT2D eigenvalue weighted by Crippen LogP contribution is 2.17. The number of rotatable bonds is 7. The van der Waals surface area contributed by atoms with E-state index in [2.05, 4.69) is 10.2 Å². The number of hydrogen-bond donors (Lipinski definition) is 0. The first-order valence-electron chi connectivity index (χ1n) is 7.53. The third-order valence-corrected chi connectivity index (χ3v) is 4.51. The lowest BCUT2D eigenvalue weighted by atomic mass is 10.2. The van der Waals surface area contributed by atoms with E-state index in [-0.39, 0.29) is 5.91 Å². The van der Waals surface area contributed by atoms with Gasteiger partial charge in [0.2, 0.25) is 5.91 Å². The second-order valence-electron chi connectivity index (χ2n) is 5.33. The Morgan fingerprint density at radius 2 is 2.04 bits per heavy atom. The van der Waals surface area contributed by atoms with Crippen LogP contribution in [0.4, 0.5) is 0 Å². The fourth-order valence-electron chi connectivity index (χ4n) is 2.25. The number of benzene rings is 1. The average Bonchev–Trinajstić information content (AvgIpc) is 3.25. The molecule has 1 aromatic carbocycles. The third kappa shape index (κ3) is 4.26. The minimum Gasteiger partial charge on any atom is -0.467 e. The van der Waals surface area contributed by atoms with Gasteiger partial charge in [-0.25, -0.2) is 0 Å². The molecule has 2 aromatic heterocycles. The molecule has 0 aliphatic rings. The van der Waals surface area contributed by atoms with Crippen LogP contribution in [-0.2, 0) is 24.9 Å². The molecular formula is C17H18N4O2S. The number of carbonyl (C=O) groups is 1. The van der Waals surface area contributed by atoms with E-state index in [4.69, 9.17) is 4.42 Å². The van der Waals surface area contributed by atoms with Crippen molar-refractivity contribution in [2.45, 2.75) is 18.2 Å². The largest absolute Gasteiger partial charge is 0.467 e. The number of hydrogen-bond acceptors (Lipinski definition) is 5. The normalized spacial score (nSPS) is 10.7. The monoisotopic (exact) mass is 342 g/mol. The molecule has 0 saturated carbocycles. The second-order valence-corrected chi connectivity index (χ2v) is 6.27. The fourth-order valence-corrected chi connectivity index (χ4v) is 3.04. The van der Waals surface area contributed by atoms with E-state index in [1.165, 1.54) is 11.8 Å². The van der Waals surface area contributed by atoms with Gasteiger partial charge in [-0.15, -0.1) is 10.2 Å². The van der Waals surface area contributed by atoms with Crippen molar-refractivity contribution in [3.63, 3.8) is 0 Å². The molecule has 3 aromatic rings. The lowest BCUT2D eigenvalue weighted by Gasteiger charge is -2.21. The highest BCUT2D eigenvalue weighted by Gasteiger charge is 2.17. The summed E-state index contributed by atoms with van der Waals surface area (Å²) < 4.78 is 7.19. The number of nitrogens with zero attached hydrogens (tertiary/aromatic N) is 4. The highest BCUT2D eigenvalue weighted by atomic mass is 32.2. The van der Waals surface area contributed by atoms with Crippen LogP contribution in [0.25, 0.3) is 0 Å². The summed E-state index contributed by atoms with van der Waals surface area (Å²) in [5.74, 6) is 1.10. The van der Waals surface area contributed by atoms with Gasteiger partial charge in [-0.2, -0.15) is 0 Å². The lowest BCUT2D eigenvalue weighted by molar-refractivity contribution is -0.129. The Kier molecular flexibility index (Phi) is 5.32. The van der Waals surface area contributed by atoms with Gasteiger partial charge in [0.1, 0.15) is 12.1 Å². The molecule has 0 aliphatic heterocycles. The molecule has 24 heavy (non-hydrogen) atoms. The van der Waals surface area contributed by atoms with Crippen molar-refractivity contribution < 1.29 is 9.21 Å². The van der Waals surface area contributed by atoms with Crippen LogP contribution in [0.1, 0.15) is 11.3 Å². The molecule has 7 heteroatoms. The van der Waals surface area contributed by atoms with Gasteiger partial charge in [0.15, 0.2) is 5.16 Å². The first kappa shape index (κ1) is 16.3. The zero-order chi connectivity index (χ0) is 16.8. The molecule has 0 fully saturated rings. The zero-order valence-electron chi connectivity index (χ0n) is 13.3. The van der Waals surface area contributed by atoms with Crippen molar-refractivity contribution in [3.8, 4) is 0 Å². The van der Waals surface area contributed by atoms with Crippen LogP contribution >= 0.6 is 11.8 Å². The minimum atomic E-state index is 0.0308. The number of thioether (sulfide) groups is 1. The number of aromatic nitrogens is 3. The van der Waals surface area contributed by atoms with Gasteiger partial charge in [-0.1, -0.05) is 42.1 Å². The Bertz CT molecular complexity index is 771. The zero-order valence-corrected chi connectivity index (χ0v) is 14.1. The Balaban J connectivity index is 1.68. The lowest BCUT2D eigenvalue weighted by Crippen LogP contribution is -2.31. The average molecular weight is 342 g/mol. The molecule has 124 valence electrons. The van der Waals surface area contributed by atoms with Crippen LogP contribution in [-0.4, -0.2) is 31.3 Å². The Labute approximate surface area is 144 Å². The van der Waals surface area contributed by atoms with Gasteiger partial charge >= 0.3 is 0 Å². The SMILES string of the molecule is Cn1cnnc1SCC(=O)N(Cc1ccccc1)Cc1ccco1. The summed E-state index contributed by atoms with van der Waals surface area (Å²) in [4.78, 5) is 14.5. The molecule has 0 N–H and O–H groups in total. The van der Waals surface area contributed by atoms with Crippen LogP contribution < -0.4 is 0 Å². The summed E-state index contributed by atoms with van der Waals surface area (Å²) in [5.41, 5.74) is 1.08. The molecule has 0 atom stereocenters. The number of amides is 1. The van der Waals surface area contributed by atoms with E-state index in [1.54, 1.807) is 22.1 Å². The number of furan rings is 1. The first-order valence-corrected chi connectivity index (χ1v) is 8.52. The summed E-state index contributed by atoms with van der Waals surface area (Å²) in [7, 11) is 1.86. The van der Waals surface area contributed by atoms with E-state index in [1.807, 2.05) is 49.5 Å². The van der Waals surface area contributed by atoms with Crippen molar-refractivity contribution in [3.05, 3.63) is 66.4 Å². The Hall–Kier alpha value is -2.54. The topological polar surface area (TPSA) is 64.2 Å². The maximum absolute atomic E-state index is 12.7. The summed E-state index contributed by atoms with van der Waals surface area (Å²) in [5, 5.41) is 8.54. The molecule has 0 aliphatic carbocycles. The minimum absolute atomic E-state index is 0.0308. The first-order chi connectivity index (χ1) is 11.7. The highest BCUT2D eigenvalue weighted by molar-refractivity contribution is 7.99. The quantitative estimate of drug-likeness (QED) is 0.618. The molecule has 1 amide bonds. The van der Waals surface area contributed by atoms with Crippen molar-refractivity contribution in [1.82, 2.24) is 19.7 Å². The predicted octanol–water partition coefficient (Wildman–Crippen LogP) is 2.73. The van der Waals surface area contributed by atoms with E-state index in [9.17, 15) is 4.79 Å². The van der Waals surface area contributed by atoms with E-state index in [0.29, 0.717) is 18.8 Å². The Morgan fingerprint density at radius 1 is 1.21 bits per heavy atom. The van der Waals surface area contributed by atoms with Crippen LogP contribution in [0.3, 0.4) is 0 Å². The van der Waals surface area contributed by atoms with Crippen LogP contribution in [0, 0.1) is 0 Å². The predicted molar refractivity (Wildman–Crippen MR) is 91.1 cm³/mol. The molecule has 0 spiro atoms. The van der Waals surface area contributed by atoms with Gasteiger partial charge in [0, 0.05) is 13.6 Å². The van der Waals surface area contributed by atoms with Crippen molar-refractivity contribution >= 4 is 17.7 Å². The van der Waals surface area contributed by atoms with Crippen molar-refractivity contribution in [2.24, 2.45) is 7.05 Å². The van der Waals surface area contributed by atoms with Crippen LogP contribution in [0.15, 0.2) is 64.6 Å². The number of carbonyl (C=O) groups excluding carboxylic acids is 1. The molecule has 0 radical (unpaired) electrons. The summed E-state index contributed by atoms with van der Waals surface area (Å²) in [6.45, 7) is 0.986. The van der Waals surface area contributed by atoms with Crippen molar-refractivity contribution in [1.29, 1.82) is 0 Å². The summed E-state index contributed by atoms with van der Waals surface area (Å²) in [6, 6.07) is 13.6. The van der Waals surface area contributed by atoms with Gasteiger partial charge in [-0.3, -0.25) is 4.79 Å². The molecule has 0 unspecified atom stereocenters. The summed E-state index contributed by atoms with van der Waals surface area (Å²) >= 11 is 1.38.